The second kappa shape index (κ2) is 3.85. The van der Waals surface area contributed by atoms with Gasteiger partial charge >= 0.3 is 0 Å². The molecule has 2 nitrogen and oxygen atoms in total. The zero-order chi connectivity index (χ0) is 9.14. The van der Waals surface area contributed by atoms with E-state index in [1.54, 1.807) is 6.08 Å². The van der Waals surface area contributed by atoms with Gasteiger partial charge in [-0.05, 0) is 17.9 Å². The van der Waals surface area contributed by atoms with E-state index in [1.165, 1.54) is 0 Å². The van der Waals surface area contributed by atoms with E-state index in [9.17, 15) is 4.79 Å². The average molecular weight is 168 g/mol. The van der Waals surface area contributed by atoms with Crippen molar-refractivity contribution in [1.29, 1.82) is 0 Å². The Bertz CT molecular complexity index is 194. The Morgan fingerprint density at radius 2 is 2.33 bits per heavy atom. The van der Waals surface area contributed by atoms with Crippen LogP contribution < -0.4 is 0 Å². The second-order valence-electron chi connectivity index (χ2n) is 3.78. The van der Waals surface area contributed by atoms with Crippen LogP contribution in [0.15, 0.2) is 12.2 Å². The van der Waals surface area contributed by atoms with Crippen LogP contribution >= 0.6 is 0 Å². The van der Waals surface area contributed by atoms with E-state index < -0.39 is 0 Å². The Morgan fingerprint density at radius 3 is 2.83 bits per heavy atom. The van der Waals surface area contributed by atoms with Crippen LogP contribution in [0, 0.1) is 17.8 Å². The summed E-state index contributed by atoms with van der Waals surface area (Å²) in [7, 11) is 0. The van der Waals surface area contributed by atoms with Crippen LogP contribution in [0.25, 0.3) is 0 Å². The highest BCUT2D eigenvalue weighted by Gasteiger charge is 2.26. The predicted octanol–water partition coefficient (Wildman–Crippen LogP) is 1.40. The molecule has 0 unspecified atom stereocenters. The molecular weight excluding hydrogens is 152 g/mol. The van der Waals surface area contributed by atoms with Crippen molar-refractivity contribution in [3.63, 3.8) is 0 Å². The molecule has 0 bridgehead atoms. The Kier molecular flexibility index (Phi) is 3.04. The SMILES string of the molecule is CC(C)[C@@H]1CC(=O)C=C[C@H]1CO. The number of ketones is 1. The van der Waals surface area contributed by atoms with Gasteiger partial charge in [-0.1, -0.05) is 19.9 Å². The highest BCUT2D eigenvalue weighted by Crippen LogP contribution is 2.28. The molecule has 0 radical (unpaired) electrons. The van der Waals surface area contributed by atoms with Gasteiger partial charge in [0.15, 0.2) is 5.78 Å². The molecule has 2 heteroatoms. The van der Waals surface area contributed by atoms with E-state index in [1.807, 2.05) is 6.08 Å². The summed E-state index contributed by atoms with van der Waals surface area (Å²) < 4.78 is 0. The van der Waals surface area contributed by atoms with Crippen LogP contribution in [-0.2, 0) is 4.79 Å². The van der Waals surface area contributed by atoms with Crippen LogP contribution in [0.1, 0.15) is 20.3 Å². The minimum Gasteiger partial charge on any atom is -0.396 e. The third-order valence-electron chi connectivity index (χ3n) is 2.58. The Morgan fingerprint density at radius 1 is 1.67 bits per heavy atom. The van der Waals surface area contributed by atoms with E-state index in [0.717, 1.165) is 0 Å². The maximum absolute atomic E-state index is 11.1. The van der Waals surface area contributed by atoms with Gasteiger partial charge in [0.05, 0.1) is 0 Å². The number of carbonyl (C=O) groups is 1. The quantitative estimate of drug-likeness (QED) is 0.676. The third-order valence-corrected chi connectivity index (χ3v) is 2.58. The van der Waals surface area contributed by atoms with Gasteiger partial charge in [-0.15, -0.1) is 0 Å². The molecule has 1 aliphatic carbocycles. The van der Waals surface area contributed by atoms with Crippen LogP contribution in [0.3, 0.4) is 0 Å². The summed E-state index contributed by atoms with van der Waals surface area (Å²) in [6.45, 7) is 4.35. The fourth-order valence-electron chi connectivity index (χ4n) is 1.75. The zero-order valence-corrected chi connectivity index (χ0v) is 7.66. The molecule has 0 aromatic heterocycles. The van der Waals surface area contributed by atoms with Crippen molar-refractivity contribution in [3.05, 3.63) is 12.2 Å². The van der Waals surface area contributed by atoms with Gasteiger partial charge in [0.1, 0.15) is 0 Å². The summed E-state index contributed by atoms with van der Waals surface area (Å²) in [4.78, 5) is 11.1. The van der Waals surface area contributed by atoms with Gasteiger partial charge in [-0.2, -0.15) is 0 Å². The van der Waals surface area contributed by atoms with Crippen molar-refractivity contribution in [2.24, 2.45) is 17.8 Å². The number of aliphatic hydroxyl groups excluding tert-OH is 1. The van der Waals surface area contributed by atoms with Gasteiger partial charge in [-0.25, -0.2) is 0 Å². The monoisotopic (exact) mass is 168 g/mol. The van der Waals surface area contributed by atoms with Crippen molar-refractivity contribution in [1.82, 2.24) is 0 Å². The predicted molar refractivity (Wildman–Crippen MR) is 47.7 cm³/mol. The molecule has 0 saturated carbocycles. The van der Waals surface area contributed by atoms with Gasteiger partial charge in [0.25, 0.3) is 0 Å². The molecule has 0 fully saturated rings. The minimum absolute atomic E-state index is 0.159. The molecule has 12 heavy (non-hydrogen) atoms. The molecular formula is C10H16O2. The Hall–Kier alpha value is -0.630. The van der Waals surface area contributed by atoms with Crippen molar-refractivity contribution < 1.29 is 9.90 Å². The number of allylic oxidation sites excluding steroid dienone is 1. The molecule has 1 N–H and O–H groups in total. The van der Waals surface area contributed by atoms with Crippen molar-refractivity contribution >= 4 is 5.78 Å². The molecule has 68 valence electrons. The van der Waals surface area contributed by atoms with Crippen LogP contribution in [0.4, 0.5) is 0 Å². The standard InChI is InChI=1S/C10H16O2/c1-7(2)10-5-9(12)4-3-8(10)6-11/h3-4,7-8,10-11H,5-6H2,1-2H3/t8-,10-/m0/s1. The van der Waals surface area contributed by atoms with E-state index in [2.05, 4.69) is 13.8 Å². The first-order valence-electron chi connectivity index (χ1n) is 4.47. The maximum Gasteiger partial charge on any atom is 0.155 e. The summed E-state index contributed by atoms with van der Waals surface area (Å²) in [5.41, 5.74) is 0. The van der Waals surface area contributed by atoms with E-state index >= 15 is 0 Å². The number of carbonyl (C=O) groups excluding carboxylic acids is 1. The summed E-state index contributed by atoms with van der Waals surface area (Å²) in [5.74, 6) is 1.17. The topological polar surface area (TPSA) is 37.3 Å². The molecule has 1 aliphatic rings. The van der Waals surface area contributed by atoms with E-state index in [4.69, 9.17) is 5.11 Å². The second-order valence-corrected chi connectivity index (χ2v) is 3.78. The van der Waals surface area contributed by atoms with Gasteiger partial charge in [0, 0.05) is 18.9 Å². The molecule has 0 heterocycles. The van der Waals surface area contributed by atoms with Crippen molar-refractivity contribution in [3.8, 4) is 0 Å². The first-order chi connectivity index (χ1) is 5.65. The Balaban J connectivity index is 2.71. The fraction of sp³-hybridized carbons (Fsp3) is 0.700. The fourth-order valence-corrected chi connectivity index (χ4v) is 1.75. The molecule has 0 aliphatic heterocycles. The lowest BCUT2D eigenvalue weighted by atomic mass is 9.77. The minimum atomic E-state index is 0.159. The van der Waals surface area contributed by atoms with Crippen molar-refractivity contribution in [2.75, 3.05) is 6.61 Å². The zero-order valence-electron chi connectivity index (χ0n) is 7.66. The lowest BCUT2D eigenvalue weighted by Gasteiger charge is -2.28. The molecule has 0 aromatic rings. The van der Waals surface area contributed by atoms with Gasteiger partial charge < -0.3 is 5.11 Å². The summed E-state index contributed by atoms with van der Waals surface area (Å²) >= 11 is 0. The number of aliphatic hydroxyl groups is 1. The van der Waals surface area contributed by atoms with E-state index in [0.29, 0.717) is 18.3 Å². The highest BCUT2D eigenvalue weighted by molar-refractivity contribution is 5.90. The van der Waals surface area contributed by atoms with Crippen molar-refractivity contribution in [2.45, 2.75) is 20.3 Å². The first-order valence-corrected chi connectivity index (χ1v) is 4.47. The molecule has 0 saturated heterocycles. The smallest absolute Gasteiger partial charge is 0.155 e. The average Bonchev–Trinajstić information content (AvgIpc) is 2.04. The van der Waals surface area contributed by atoms with Crippen LogP contribution in [-0.4, -0.2) is 17.5 Å². The lowest BCUT2D eigenvalue weighted by Crippen LogP contribution is -2.27. The molecule has 1 rings (SSSR count). The number of hydrogen-bond acceptors (Lipinski definition) is 2. The number of hydrogen-bond donors (Lipinski definition) is 1. The van der Waals surface area contributed by atoms with Gasteiger partial charge in [0.2, 0.25) is 0 Å². The summed E-state index contributed by atoms with van der Waals surface area (Å²) in [5, 5.41) is 9.03. The van der Waals surface area contributed by atoms with Crippen LogP contribution in [0.5, 0.6) is 0 Å². The van der Waals surface area contributed by atoms with E-state index in [-0.39, 0.29) is 18.3 Å². The van der Waals surface area contributed by atoms with Gasteiger partial charge in [-0.3, -0.25) is 4.79 Å². The first kappa shape index (κ1) is 9.46. The Labute approximate surface area is 73.3 Å². The highest BCUT2D eigenvalue weighted by atomic mass is 16.3. The van der Waals surface area contributed by atoms with Crippen LogP contribution in [0.2, 0.25) is 0 Å². The molecule has 0 amide bonds. The normalized spacial score (nSPS) is 29.8. The molecule has 0 spiro atoms. The summed E-state index contributed by atoms with van der Waals surface area (Å²) in [6, 6.07) is 0. The maximum atomic E-state index is 11.1. The molecule has 0 aromatic carbocycles. The molecule has 2 atom stereocenters. The largest absolute Gasteiger partial charge is 0.396 e. The summed E-state index contributed by atoms with van der Waals surface area (Å²) in [6.07, 6.45) is 4.04. The number of rotatable bonds is 2. The lowest BCUT2D eigenvalue weighted by molar-refractivity contribution is -0.116. The third kappa shape index (κ3) is 1.95.